The summed E-state index contributed by atoms with van der Waals surface area (Å²) >= 11 is 1.42. The number of benzene rings is 2. The van der Waals surface area contributed by atoms with Gasteiger partial charge in [0.05, 0.1) is 11.1 Å². The van der Waals surface area contributed by atoms with Crippen molar-refractivity contribution in [2.75, 3.05) is 26.2 Å². The van der Waals surface area contributed by atoms with Crippen molar-refractivity contribution in [2.24, 2.45) is 0 Å². The first-order valence-corrected chi connectivity index (χ1v) is 11.1. The van der Waals surface area contributed by atoms with Crippen molar-refractivity contribution in [3.8, 4) is 5.75 Å². The van der Waals surface area contributed by atoms with Crippen molar-refractivity contribution in [1.82, 2.24) is 14.8 Å². The smallest absolute Gasteiger partial charge is 0.387 e. The molecule has 0 N–H and O–H groups in total. The van der Waals surface area contributed by atoms with E-state index in [1.165, 1.54) is 30.0 Å². The molecule has 0 bridgehead atoms. The molecule has 2 aromatic carbocycles. The minimum absolute atomic E-state index is 0.0754. The second kappa shape index (κ2) is 10.4. The average Bonchev–Trinajstić information content (AvgIpc) is 2.84. The van der Waals surface area contributed by atoms with Crippen LogP contribution in [0.4, 0.5) is 8.78 Å². The number of carbonyl (C=O) groups is 2. The van der Waals surface area contributed by atoms with Gasteiger partial charge in [-0.15, -0.1) is 0 Å². The third-order valence-electron chi connectivity index (χ3n) is 5.15. The lowest BCUT2D eigenvalue weighted by atomic mass is 10.1. The van der Waals surface area contributed by atoms with Crippen molar-refractivity contribution in [3.05, 3.63) is 84.1 Å². The van der Waals surface area contributed by atoms with Crippen LogP contribution in [0.15, 0.2) is 82.8 Å². The standard InChI is InChI=1S/C24H21F2N3O3S/c25-24(26)32-20-11-5-4-9-18(20)22(30)28-13-15-29(16-14-28)23(31)19-10-6-12-27-21(19)33-17-7-2-1-3-8-17/h1-12,24H,13-16H2. The number of nitrogens with zero attached hydrogens (tertiary/aromatic N) is 3. The minimum atomic E-state index is -3.02. The molecule has 33 heavy (non-hydrogen) atoms. The van der Waals surface area contributed by atoms with Gasteiger partial charge in [-0.05, 0) is 36.4 Å². The molecule has 4 rings (SSSR count). The van der Waals surface area contributed by atoms with E-state index in [-0.39, 0.29) is 30.3 Å². The van der Waals surface area contributed by atoms with Crippen LogP contribution < -0.4 is 4.74 Å². The number of carbonyl (C=O) groups excluding carboxylic acids is 2. The summed E-state index contributed by atoms with van der Waals surface area (Å²) in [5, 5.41) is 0.616. The van der Waals surface area contributed by atoms with Gasteiger partial charge >= 0.3 is 6.61 Å². The molecule has 1 saturated heterocycles. The molecule has 0 saturated carbocycles. The molecule has 2 heterocycles. The lowest BCUT2D eigenvalue weighted by Gasteiger charge is -2.35. The van der Waals surface area contributed by atoms with Gasteiger partial charge in [-0.1, -0.05) is 42.1 Å². The lowest BCUT2D eigenvalue weighted by Crippen LogP contribution is -2.50. The molecule has 9 heteroatoms. The first-order valence-electron chi connectivity index (χ1n) is 10.3. The predicted octanol–water partition coefficient (Wildman–Crippen LogP) is 4.43. The average molecular weight is 470 g/mol. The Morgan fingerprint density at radius 3 is 2.06 bits per heavy atom. The Balaban J connectivity index is 1.43. The third-order valence-corrected chi connectivity index (χ3v) is 6.17. The number of hydrogen-bond acceptors (Lipinski definition) is 5. The fraction of sp³-hybridized carbons (Fsp3) is 0.208. The zero-order chi connectivity index (χ0) is 23.2. The van der Waals surface area contributed by atoms with E-state index in [0.717, 1.165) is 4.90 Å². The molecule has 1 aliphatic rings. The van der Waals surface area contributed by atoms with E-state index < -0.39 is 12.5 Å². The summed E-state index contributed by atoms with van der Waals surface area (Å²) in [6, 6.07) is 19.1. The Morgan fingerprint density at radius 1 is 0.818 bits per heavy atom. The molecule has 0 atom stereocenters. The summed E-state index contributed by atoms with van der Waals surface area (Å²) in [7, 11) is 0. The molecule has 1 aliphatic heterocycles. The minimum Gasteiger partial charge on any atom is -0.434 e. The van der Waals surface area contributed by atoms with Gasteiger partial charge in [0.25, 0.3) is 11.8 Å². The number of rotatable bonds is 6. The Hall–Kier alpha value is -3.46. The van der Waals surface area contributed by atoms with Gasteiger partial charge in [0.2, 0.25) is 0 Å². The van der Waals surface area contributed by atoms with E-state index in [1.807, 2.05) is 30.3 Å². The molecule has 1 fully saturated rings. The summed E-state index contributed by atoms with van der Waals surface area (Å²) in [6.45, 7) is -1.79. The molecule has 0 unspecified atom stereocenters. The van der Waals surface area contributed by atoms with E-state index in [4.69, 9.17) is 0 Å². The molecular weight excluding hydrogens is 448 g/mol. The third kappa shape index (κ3) is 5.48. The number of amides is 2. The first-order chi connectivity index (χ1) is 16.0. The van der Waals surface area contributed by atoms with Gasteiger partial charge in [-0.2, -0.15) is 8.78 Å². The highest BCUT2D eigenvalue weighted by atomic mass is 32.2. The quantitative estimate of drug-likeness (QED) is 0.535. The molecule has 3 aromatic rings. The van der Waals surface area contributed by atoms with Crippen LogP contribution in [-0.4, -0.2) is 59.4 Å². The van der Waals surface area contributed by atoms with Crippen molar-refractivity contribution >= 4 is 23.6 Å². The summed E-state index contributed by atoms with van der Waals surface area (Å²) in [5.41, 5.74) is 0.577. The van der Waals surface area contributed by atoms with E-state index in [2.05, 4.69) is 9.72 Å². The number of ether oxygens (including phenoxy) is 1. The Morgan fingerprint density at radius 2 is 1.39 bits per heavy atom. The highest BCUT2D eigenvalue weighted by Crippen LogP contribution is 2.29. The highest BCUT2D eigenvalue weighted by Gasteiger charge is 2.28. The van der Waals surface area contributed by atoms with Crippen molar-refractivity contribution in [1.29, 1.82) is 0 Å². The number of piperazine rings is 1. The molecule has 1 aromatic heterocycles. The molecule has 0 radical (unpaired) electrons. The van der Waals surface area contributed by atoms with Crippen LogP contribution in [0, 0.1) is 0 Å². The SMILES string of the molecule is O=C(c1ccccc1OC(F)F)N1CCN(C(=O)c2cccnc2Sc2ccccc2)CC1. The first kappa shape index (κ1) is 22.7. The summed E-state index contributed by atoms with van der Waals surface area (Å²) in [5.74, 6) is -0.718. The van der Waals surface area contributed by atoms with Gasteiger partial charge in [-0.3, -0.25) is 9.59 Å². The second-order valence-corrected chi connectivity index (χ2v) is 8.29. The van der Waals surface area contributed by atoms with Gasteiger partial charge in [0.1, 0.15) is 10.8 Å². The maximum Gasteiger partial charge on any atom is 0.387 e. The molecule has 2 amide bonds. The van der Waals surface area contributed by atoms with Crippen LogP contribution in [0.1, 0.15) is 20.7 Å². The van der Waals surface area contributed by atoms with Gasteiger partial charge < -0.3 is 14.5 Å². The van der Waals surface area contributed by atoms with Crippen molar-refractivity contribution < 1.29 is 23.1 Å². The van der Waals surface area contributed by atoms with Crippen LogP contribution in [0.25, 0.3) is 0 Å². The van der Waals surface area contributed by atoms with Crippen molar-refractivity contribution in [3.63, 3.8) is 0 Å². The van der Waals surface area contributed by atoms with E-state index in [0.29, 0.717) is 23.7 Å². The normalized spacial score (nSPS) is 13.8. The maximum atomic E-state index is 13.2. The number of alkyl halides is 2. The predicted molar refractivity (Wildman–Crippen MR) is 120 cm³/mol. The van der Waals surface area contributed by atoms with Crippen LogP contribution >= 0.6 is 11.8 Å². The Bertz CT molecular complexity index is 1120. The van der Waals surface area contributed by atoms with Crippen LogP contribution in [-0.2, 0) is 0 Å². The van der Waals surface area contributed by atoms with Crippen LogP contribution in [0.3, 0.4) is 0 Å². The van der Waals surface area contributed by atoms with Gasteiger partial charge in [0, 0.05) is 37.3 Å². The number of hydrogen-bond donors (Lipinski definition) is 0. The van der Waals surface area contributed by atoms with Crippen molar-refractivity contribution in [2.45, 2.75) is 16.5 Å². The Kier molecular flexibility index (Phi) is 7.19. The van der Waals surface area contributed by atoms with Gasteiger partial charge in [-0.25, -0.2) is 4.98 Å². The van der Waals surface area contributed by atoms with E-state index in [9.17, 15) is 18.4 Å². The largest absolute Gasteiger partial charge is 0.434 e. The molecule has 170 valence electrons. The zero-order valence-electron chi connectivity index (χ0n) is 17.6. The fourth-order valence-corrected chi connectivity index (χ4v) is 4.43. The molecular formula is C24H21F2N3O3S. The fourth-order valence-electron chi connectivity index (χ4n) is 3.53. The summed E-state index contributed by atoms with van der Waals surface area (Å²) in [6.07, 6.45) is 1.65. The highest BCUT2D eigenvalue weighted by molar-refractivity contribution is 7.99. The lowest BCUT2D eigenvalue weighted by molar-refractivity contribution is -0.0503. The number of para-hydroxylation sites is 1. The summed E-state index contributed by atoms with van der Waals surface area (Å²) in [4.78, 5) is 34.7. The van der Waals surface area contributed by atoms with E-state index >= 15 is 0 Å². The monoisotopic (exact) mass is 469 g/mol. The molecule has 6 nitrogen and oxygen atoms in total. The second-order valence-electron chi connectivity index (χ2n) is 7.23. The number of halogens is 2. The zero-order valence-corrected chi connectivity index (χ0v) is 18.4. The van der Waals surface area contributed by atoms with E-state index in [1.54, 1.807) is 34.2 Å². The molecule has 0 spiro atoms. The van der Waals surface area contributed by atoms with Crippen LogP contribution in [0.2, 0.25) is 0 Å². The van der Waals surface area contributed by atoms with Gasteiger partial charge in [0.15, 0.2) is 0 Å². The van der Waals surface area contributed by atoms with Crippen LogP contribution in [0.5, 0.6) is 5.75 Å². The number of pyridine rings is 1. The topological polar surface area (TPSA) is 62.7 Å². The number of aromatic nitrogens is 1. The maximum absolute atomic E-state index is 13.2. The molecule has 0 aliphatic carbocycles. The Labute approximate surface area is 194 Å². The summed E-state index contributed by atoms with van der Waals surface area (Å²) < 4.78 is 29.8.